The number of nitrogens with one attached hydrogen (secondary N) is 2. The molecule has 0 bridgehead atoms. The van der Waals surface area contributed by atoms with Crippen molar-refractivity contribution in [2.75, 3.05) is 19.7 Å². The average molecular weight is 987 g/mol. The van der Waals surface area contributed by atoms with E-state index in [1.807, 2.05) is 94.9 Å². The van der Waals surface area contributed by atoms with Crippen LogP contribution in [0.25, 0.3) is 15.4 Å². The van der Waals surface area contributed by atoms with Gasteiger partial charge in [0.15, 0.2) is 11.6 Å². The van der Waals surface area contributed by atoms with Crippen molar-refractivity contribution in [1.82, 2.24) is 40.4 Å². The van der Waals surface area contributed by atoms with Gasteiger partial charge in [-0.05, 0) is 79.9 Å². The van der Waals surface area contributed by atoms with Gasteiger partial charge in [0.1, 0.15) is 28.8 Å². The molecular weight excluding hydrogens is 932 g/mol. The van der Waals surface area contributed by atoms with Crippen LogP contribution < -0.4 is 15.4 Å². The Labute approximate surface area is 406 Å². The molecule has 6 heterocycles. The highest BCUT2D eigenvalue weighted by molar-refractivity contribution is 7.15. The molecule has 2 aliphatic heterocycles. The lowest BCUT2D eigenvalue weighted by Crippen LogP contribution is -2.47. The zero-order valence-corrected chi connectivity index (χ0v) is 41.3. The number of ether oxygens (including phenoxy) is 1. The highest BCUT2D eigenvalue weighted by Crippen LogP contribution is 2.40. The number of alkyl halides is 2. The van der Waals surface area contributed by atoms with Crippen molar-refractivity contribution in [2.24, 2.45) is 16.8 Å². The van der Waals surface area contributed by atoms with E-state index in [9.17, 15) is 14.4 Å². The number of hydrogen-bond acceptors (Lipinski definition) is 12. The molecule has 358 valence electrons. The topological polar surface area (TPSA) is 170 Å². The van der Waals surface area contributed by atoms with Crippen LogP contribution in [0.5, 0.6) is 5.88 Å². The van der Waals surface area contributed by atoms with Crippen LogP contribution in [-0.4, -0.2) is 84.9 Å². The molecule has 2 N–H and O–H groups in total. The summed E-state index contributed by atoms with van der Waals surface area (Å²) in [7, 11) is 0. The van der Waals surface area contributed by atoms with Crippen LogP contribution in [0.15, 0.2) is 69.6 Å². The van der Waals surface area contributed by atoms with Gasteiger partial charge in [0, 0.05) is 59.6 Å². The van der Waals surface area contributed by atoms with Crippen molar-refractivity contribution in [3.8, 4) is 21.3 Å². The number of amides is 3. The van der Waals surface area contributed by atoms with Crippen LogP contribution in [0, 0.1) is 39.5 Å². The summed E-state index contributed by atoms with van der Waals surface area (Å²) in [6.07, 6.45) is -0.917. The van der Waals surface area contributed by atoms with E-state index in [4.69, 9.17) is 25.9 Å². The number of nitrogens with zero attached hydrogens (tertiary/aromatic N) is 7. The number of hydrogen-bond donors (Lipinski definition) is 2. The summed E-state index contributed by atoms with van der Waals surface area (Å²) < 4.78 is 43.5. The summed E-state index contributed by atoms with van der Waals surface area (Å²) in [5, 5.41) is 19.8. The maximum Gasteiger partial charge on any atom is 0.254 e. The van der Waals surface area contributed by atoms with Gasteiger partial charge in [0.25, 0.3) is 11.8 Å². The molecule has 0 radical (unpaired) electrons. The largest absolute Gasteiger partial charge is 0.475 e. The van der Waals surface area contributed by atoms with E-state index in [0.717, 1.165) is 48.3 Å². The molecule has 0 aliphatic carbocycles. The molecule has 0 unspecified atom stereocenters. The normalized spacial score (nSPS) is 17.4. The van der Waals surface area contributed by atoms with Crippen LogP contribution in [0.3, 0.4) is 0 Å². The number of aryl methyl sites for hydroxylation is 3. The zero-order valence-electron chi connectivity index (χ0n) is 38.9. The fourth-order valence-electron chi connectivity index (χ4n) is 8.79. The first-order valence-electron chi connectivity index (χ1n) is 22.7. The van der Waals surface area contributed by atoms with Crippen LogP contribution in [0.1, 0.15) is 109 Å². The number of aromatic nitrogens is 5. The fraction of sp³-hybridized carbons (Fsp3) is 0.429. The molecule has 4 aromatic heterocycles. The van der Waals surface area contributed by atoms with E-state index in [0.29, 0.717) is 41.9 Å². The molecular formula is C49H54ClF2N9O5S2. The van der Waals surface area contributed by atoms with Crippen LogP contribution in [0.2, 0.25) is 5.02 Å². The average Bonchev–Trinajstić information content (AvgIpc) is 4.14. The predicted octanol–water partition coefficient (Wildman–Crippen LogP) is 9.51. The third kappa shape index (κ3) is 10.6. The SMILES string of the molecule is Cc1ncsc1-c1ccc(CNC(=O)[C@@H]2C[C@@H](C)CN2C(=O)[C@H](c2cc(OCCC(F)(F)CCNC(=O)C[C@@H]3N=C(c4ccc(Cl)cc4)c4c(sc(C)c4C)-n4c(C)nnc43)no2)C(C)C)cc1. The Bertz CT molecular complexity index is 2820. The van der Waals surface area contributed by atoms with E-state index in [-0.39, 0.29) is 48.3 Å². The van der Waals surface area contributed by atoms with Gasteiger partial charge < -0.3 is 24.8 Å². The Morgan fingerprint density at radius 1 is 1.00 bits per heavy atom. The Kier molecular flexibility index (Phi) is 14.6. The van der Waals surface area contributed by atoms with Crippen molar-refractivity contribution in [1.29, 1.82) is 0 Å². The number of rotatable bonds is 17. The summed E-state index contributed by atoms with van der Waals surface area (Å²) in [5.74, 6) is -3.80. The number of fused-ring (bicyclic) bond motifs is 3. The van der Waals surface area contributed by atoms with Gasteiger partial charge in [0.05, 0.1) is 34.8 Å². The molecule has 3 amide bonds. The van der Waals surface area contributed by atoms with E-state index in [1.165, 1.54) is 6.07 Å². The number of carbonyl (C=O) groups is 3. The van der Waals surface area contributed by atoms with Crippen molar-refractivity contribution in [3.63, 3.8) is 0 Å². The Morgan fingerprint density at radius 2 is 1.74 bits per heavy atom. The second-order valence-electron chi connectivity index (χ2n) is 18.0. The van der Waals surface area contributed by atoms with Crippen LogP contribution in [0.4, 0.5) is 8.78 Å². The number of thiophene rings is 1. The number of aliphatic imine (C=N–C) groups is 1. The van der Waals surface area contributed by atoms with Gasteiger partial charge >= 0.3 is 0 Å². The predicted molar refractivity (Wildman–Crippen MR) is 258 cm³/mol. The fourth-order valence-corrected chi connectivity index (χ4v) is 10.9. The Morgan fingerprint density at radius 3 is 2.44 bits per heavy atom. The summed E-state index contributed by atoms with van der Waals surface area (Å²) in [4.78, 5) is 54.4. The van der Waals surface area contributed by atoms with Crippen molar-refractivity contribution < 1.29 is 32.4 Å². The maximum absolute atomic E-state index is 15.2. The first-order valence-corrected chi connectivity index (χ1v) is 24.7. The third-order valence-corrected chi connectivity index (χ3v) is 15.0. The Balaban J connectivity index is 0.837. The van der Waals surface area contributed by atoms with E-state index >= 15 is 8.78 Å². The zero-order chi connectivity index (χ0) is 48.4. The van der Waals surface area contributed by atoms with E-state index in [2.05, 4.69) is 31.0 Å². The minimum Gasteiger partial charge on any atom is -0.475 e. The molecule has 0 saturated carbocycles. The number of thiazole rings is 1. The molecule has 0 spiro atoms. The van der Waals surface area contributed by atoms with E-state index in [1.54, 1.807) is 39.7 Å². The molecule has 4 atom stereocenters. The number of halogens is 3. The maximum atomic E-state index is 15.2. The van der Waals surface area contributed by atoms with Crippen molar-refractivity contribution >= 4 is 57.7 Å². The second-order valence-corrected chi connectivity index (χ2v) is 20.5. The van der Waals surface area contributed by atoms with Crippen molar-refractivity contribution in [2.45, 2.75) is 105 Å². The molecule has 8 rings (SSSR count). The highest BCUT2D eigenvalue weighted by Gasteiger charge is 2.43. The lowest BCUT2D eigenvalue weighted by molar-refractivity contribution is -0.140. The molecule has 14 nitrogen and oxygen atoms in total. The third-order valence-electron chi connectivity index (χ3n) is 12.5. The molecule has 1 fully saturated rings. The number of likely N-dealkylation sites (tertiary alicyclic amines) is 1. The summed E-state index contributed by atoms with van der Waals surface area (Å²) in [6.45, 7) is 13.7. The minimum atomic E-state index is -3.19. The number of benzene rings is 2. The lowest BCUT2D eigenvalue weighted by atomic mass is 9.91. The van der Waals surface area contributed by atoms with Gasteiger partial charge in [-0.3, -0.25) is 23.9 Å². The highest BCUT2D eigenvalue weighted by atomic mass is 35.5. The molecule has 1 saturated heterocycles. The van der Waals surface area contributed by atoms with Crippen molar-refractivity contribution in [3.05, 3.63) is 115 Å². The number of carbonyl (C=O) groups excluding carboxylic acids is 3. The van der Waals surface area contributed by atoms with E-state index < -0.39 is 49.3 Å². The lowest BCUT2D eigenvalue weighted by Gasteiger charge is -2.29. The summed E-state index contributed by atoms with van der Waals surface area (Å²) >= 11 is 9.39. The monoisotopic (exact) mass is 985 g/mol. The quantitative estimate of drug-likeness (QED) is 0.0904. The molecule has 6 aromatic rings. The van der Waals surface area contributed by atoms with Gasteiger partial charge in [-0.15, -0.1) is 32.9 Å². The minimum absolute atomic E-state index is 0.0344. The molecule has 19 heteroatoms. The molecule has 68 heavy (non-hydrogen) atoms. The first kappa shape index (κ1) is 48.6. The Hall–Kier alpha value is -5.85. The summed E-state index contributed by atoms with van der Waals surface area (Å²) in [5.41, 5.74) is 8.25. The first-order chi connectivity index (χ1) is 32.5. The van der Waals surface area contributed by atoms with Crippen LogP contribution >= 0.6 is 34.3 Å². The van der Waals surface area contributed by atoms with Gasteiger partial charge in [0.2, 0.25) is 17.7 Å². The van der Waals surface area contributed by atoms with Gasteiger partial charge in [-0.1, -0.05) is 68.8 Å². The smallest absolute Gasteiger partial charge is 0.254 e. The molecule has 2 aromatic carbocycles. The second kappa shape index (κ2) is 20.4. The van der Waals surface area contributed by atoms with Crippen LogP contribution in [-0.2, 0) is 20.9 Å². The standard InChI is InChI=1S/C49H54ClF2N9O5S2/c1-26(2)41(47(64)60-24-27(3)20-37(60)46(63)54-23-32-8-10-34(11-9-32)44-29(5)55-25-67-44)38-22-40(59-66-38)65-19-17-49(51,52)16-18-53-39(62)21-36-45-58-57-31(7)61(45)48-42(28(4)30(6)68-48)43(56-36)33-12-14-35(50)15-13-33/h8-15,22,25-27,36-37,41H,16-21,23-24H2,1-7H3,(H,53,62)(H,54,63)/t27-,36+,37+,41+/m1/s1. The summed E-state index contributed by atoms with van der Waals surface area (Å²) in [6, 6.07) is 15.3. The van der Waals surface area contributed by atoms with Gasteiger partial charge in [-0.25, -0.2) is 13.8 Å². The van der Waals surface area contributed by atoms with Gasteiger partial charge in [-0.2, -0.15) is 0 Å². The molecule has 2 aliphatic rings.